The van der Waals surface area contributed by atoms with Crippen LogP contribution in [0.2, 0.25) is 0 Å². The first-order chi connectivity index (χ1) is 12.9. The molecule has 0 spiro atoms. The molecule has 0 atom stereocenters. The molecule has 0 aromatic heterocycles. The Kier molecular flexibility index (Phi) is 5.43. The van der Waals surface area contributed by atoms with Crippen LogP contribution in [0.15, 0.2) is 42.5 Å². The number of amides is 1. The molecule has 0 radical (unpaired) electrons. The summed E-state index contributed by atoms with van der Waals surface area (Å²) in [6, 6.07) is 11.0. The molecule has 2 aromatic rings. The van der Waals surface area contributed by atoms with Gasteiger partial charge in [0.1, 0.15) is 18.1 Å². The first kappa shape index (κ1) is 18.9. The van der Waals surface area contributed by atoms with Crippen molar-refractivity contribution < 1.29 is 27.4 Å². The highest BCUT2D eigenvalue weighted by Crippen LogP contribution is 2.30. The number of hydrogen-bond acceptors (Lipinski definition) is 4. The minimum Gasteiger partial charge on any atom is -0.491 e. The fourth-order valence-electron chi connectivity index (χ4n) is 2.87. The number of nitrogens with one attached hydrogen (secondary N) is 1. The third-order valence-electron chi connectivity index (χ3n) is 4.06. The van der Waals surface area contributed by atoms with Crippen LogP contribution < -0.4 is 19.7 Å². The number of nitrogens with zero attached hydrogens (tertiary/aromatic N) is 1. The van der Waals surface area contributed by atoms with E-state index in [2.05, 4.69) is 10.1 Å². The Bertz CT molecular complexity index is 824. The van der Waals surface area contributed by atoms with E-state index in [-0.39, 0.29) is 11.7 Å². The van der Waals surface area contributed by atoms with Crippen molar-refractivity contribution in [2.45, 2.75) is 19.8 Å². The maximum atomic E-state index is 12.4. The second-order valence-corrected chi connectivity index (χ2v) is 6.00. The zero-order chi connectivity index (χ0) is 19.4. The summed E-state index contributed by atoms with van der Waals surface area (Å²) in [6.45, 7) is 3.64. The predicted molar refractivity (Wildman–Crippen MR) is 94.1 cm³/mol. The van der Waals surface area contributed by atoms with Crippen molar-refractivity contribution in [3.63, 3.8) is 0 Å². The molecule has 0 saturated carbocycles. The molecular formula is C19H19F3N2O3. The summed E-state index contributed by atoms with van der Waals surface area (Å²) in [5.74, 6) is 0.155. The number of hydrogen-bond donors (Lipinski definition) is 1. The van der Waals surface area contributed by atoms with E-state index in [1.807, 2.05) is 11.8 Å². The van der Waals surface area contributed by atoms with Crippen molar-refractivity contribution in [3.8, 4) is 11.5 Å². The monoisotopic (exact) mass is 380 g/mol. The van der Waals surface area contributed by atoms with Gasteiger partial charge in [0.05, 0.1) is 6.54 Å². The molecule has 0 fully saturated rings. The molecule has 0 bridgehead atoms. The first-order valence-electron chi connectivity index (χ1n) is 8.50. The van der Waals surface area contributed by atoms with E-state index in [4.69, 9.17) is 4.74 Å². The van der Waals surface area contributed by atoms with Crippen LogP contribution >= 0.6 is 0 Å². The van der Waals surface area contributed by atoms with E-state index in [0.29, 0.717) is 43.2 Å². The molecule has 5 nitrogen and oxygen atoms in total. The number of benzene rings is 2. The molecular weight excluding hydrogens is 361 g/mol. The molecule has 144 valence electrons. The van der Waals surface area contributed by atoms with Gasteiger partial charge in [0.25, 0.3) is 5.91 Å². The molecule has 1 heterocycles. The van der Waals surface area contributed by atoms with E-state index >= 15 is 0 Å². The Morgan fingerprint density at radius 2 is 2.07 bits per heavy atom. The van der Waals surface area contributed by atoms with E-state index in [0.717, 1.165) is 5.56 Å². The van der Waals surface area contributed by atoms with Gasteiger partial charge in [-0.3, -0.25) is 4.79 Å². The van der Waals surface area contributed by atoms with E-state index < -0.39 is 6.36 Å². The minimum absolute atomic E-state index is 0.179. The number of halogens is 3. The zero-order valence-corrected chi connectivity index (χ0v) is 14.7. The molecule has 1 aliphatic heterocycles. The quantitative estimate of drug-likeness (QED) is 0.878. The summed E-state index contributed by atoms with van der Waals surface area (Å²) < 4.78 is 47.1. The molecule has 1 N–H and O–H groups in total. The van der Waals surface area contributed by atoms with Gasteiger partial charge >= 0.3 is 6.36 Å². The third kappa shape index (κ3) is 4.84. The second-order valence-electron chi connectivity index (χ2n) is 6.00. The van der Waals surface area contributed by atoms with Gasteiger partial charge in [-0.1, -0.05) is 12.1 Å². The lowest BCUT2D eigenvalue weighted by atomic mass is 10.1. The molecule has 8 heteroatoms. The summed E-state index contributed by atoms with van der Waals surface area (Å²) in [4.78, 5) is 13.9. The van der Waals surface area contributed by atoms with Crippen LogP contribution in [0.25, 0.3) is 0 Å². The average molecular weight is 380 g/mol. The Morgan fingerprint density at radius 3 is 2.81 bits per heavy atom. The SMILES string of the molecule is CCNC(=O)c1ccc2c(c1)OCCN(c1cccc(OC(F)(F)F)c1)C2. The van der Waals surface area contributed by atoms with Crippen molar-refractivity contribution in [1.82, 2.24) is 5.32 Å². The highest BCUT2D eigenvalue weighted by molar-refractivity contribution is 5.94. The van der Waals surface area contributed by atoms with Gasteiger partial charge in [-0.15, -0.1) is 13.2 Å². The summed E-state index contributed by atoms with van der Waals surface area (Å²) in [7, 11) is 0. The van der Waals surface area contributed by atoms with Crippen molar-refractivity contribution in [2.75, 3.05) is 24.6 Å². The van der Waals surface area contributed by atoms with Crippen LogP contribution in [0.5, 0.6) is 11.5 Å². The Hall–Kier alpha value is -2.90. The standard InChI is InChI=1S/C19H19F3N2O3/c1-2-23-18(25)13-6-7-14-12-24(8-9-26-17(14)10-13)15-4-3-5-16(11-15)27-19(20,21)22/h3-7,10-11H,2,8-9,12H2,1H3,(H,23,25). The minimum atomic E-state index is -4.73. The summed E-state index contributed by atoms with van der Waals surface area (Å²) in [5.41, 5.74) is 1.95. The maximum absolute atomic E-state index is 12.4. The fraction of sp³-hybridized carbons (Fsp3) is 0.316. The van der Waals surface area contributed by atoms with Crippen molar-refractivity contribution in [1.29, 1.82) is 0 Å². The highest BCUT2D eigenvalue weighted by Gasteiger charge is 2.31. The Balaban J connectivity index is 1.81. The topological polar surface area (TPSA) is 50.8 Å². The number of carbonyl (C=O) groups is 1. The first-order valence-corrected chi connectivity index (χ1v) is 8.50. The highest BCUT2D eigenvalue weighted by atomic mass is 19.4. The van der Waals surface area contributed by atoms with Gasteiger partial charge in [-0.25, -0.2) is 0 Å². The summed E-state index contributed by atoms with van der Waals surface area (Å²) in [5, 5.41) is 2.73. The second kappa shape index (κ2) is 7.77. The van der Waals surface area contributed by atoms with E-state index in [1.165, 1.54) is 18.2 Å². The molecule has 0 saturated heterocycles. The van der Waals surface area contributed by atoms with E-state index in [9.17, 15) is 18.0 Å². The predicted octanol–water partition coefficient (Wildman–Crippen LogP) is 3.73. The molecule has 0 unspecified atom stereocenters. The van der Waals surface area contributed by atoms with Crippen LogP contribution in [0.3, 0.4) is 0 Å². The number of rotatable bonds is 4. The average Bonchev–Trinajstić information content (AvgIpc) is 2.82. The van der Waals surface area contributed by atoms with Gasteiger partial charge in [-0.05, 0) is 31.2 Å². The number of alkyl halides is 3. The van der Waals surface area contributed by atoms with Gasteiger partial charge in [0.15, 0.2) is 0 Å². The largest absolute Gasteiger partial charge is 0.573 e. The maximum Gasteiger partial charge on any atom is 0.573 e. The van der Waals surface area contributed by atoms with Crippen molar-refractivity contribution >= 4 is 11.6 Å². The summed E-state index contributed by atoms with van der Waals surface area (Å²) in [6.07, 6.45) is -4.73. The third-order valence-corrected chi connectivity index (χ3v) is 4.06. The van der Waals surface area contributed by atoms with Gasteiger partial charge in [-0.2, -0.15) is 0 Å². The zero-order valence-electron chi connectivity index (χ0n) is 14.7. The smallest absolute Gasteiger partial charge is 0.491 e. The Morgan fingerprint density at radius 1 is 1.26 bits per heavy atom. The van der Waals surface area contributed by atoms with Crippen LogP contribution in [-0.4, -0.2) is 32.0 Å². The number of ether oxygens (including phenoxy) is 2. The van der Waals surface area contributed by atoms with Crippen molar-refractivity contribution in [2.24, 2.45) is 0 Å². The lowest BCUT2D eigenvalue weighted by molar-refractivity contribution is -0.274. The van der Waals surface area contributed by atoms with Crippen LogP contribution in [0.1, 0.15) is 22.8 Å². The molecule has 2 aromatic carbocycles. The van der Waals surface area contributed by atoms with Gasteiger partial charge in [0, 0.05) is 36.0 Å². The molecule has 27 heavy (non-hydrogen) atoms. The van der Waals surface area contributed by atoms with Gasteiger partial charge < -0.3 is 19.7 Å². The fourth-order valence-corrected chi connectivity index (χ4v) is 2.87. The Labute approximate surface area is 154 Å². The molecule has 1 amide bonds. The molecule has 1 aliphatic rings. The van der Waals surface area contributed by atoms with Crippen LogP contribution in [0.4, 0.5) is 18.9 Å². The number of fused-ring (bicyclic) bond motifs is 1. The lowest BCUT2D eigenvalue weighted by Gasteiger charge is -2.23. The lowest BCUT2D eigenvalue weighted by Crippen LogP contribution is -2.25. The van der Waals surface area contributed by atoms with Crippen LogP contribution in [-0.2, 0) is 6.54 Å². The number of anilines is 1. The van der Waals surface area contributed by atoms with Crippen molar-refractivity contribution in [3.05, 3.63) is 53.6 Å². The molecule has 3 rings (SSSR count). The van der Waals surface area contributed by atoms with Gasteiger partial charge in [0.2, 0.25) is 0 Å². The normalized spacial score (nSPS) is 14.0. The summed E-state index contributed by atoms with van der Waals surface area (Å²) >= 11 is 0. The molecule has 0 aliphatic carbocycles. The number of carbonyl (C=O) groups excluding carboxylic acids is 1. The van der Waals surface area contributed by atoms with E-state index in [1.54, 1.807) is 24.3 Å². The van der Waals surface area contributed by atoms with Crippen LogP contribution in [0, 0.1) is 0 Å².